The third-order valence-electron chi connectivity index (χ3n) is 3.87. The summed E-state index contributed by atoms with van der Waals surface area (Å²) in [6, 6.07) is 4.52. The van der Waals surface area contributed by atoms with Crippen molar-refractivity contribution in [3.8, 4) is 17.1 Å². The van der Waals surface area contributed by atoms with E-state index in [2.05, 4.69) is 25.4 Å². The molecule has 0 atom stereocenters. The number of aromatic nitrogens is 3. The summed E-state index contributed by atoms with van der Waals surface area (Å²) >= 11 is 0. The van der Waals surface area contributed by atoms with E-state index in [9.17, 15) is 9.50 Å². The molecular formula is C14H18FN5O. The molecule has 1 aromatic carbocycles. The van der Waals surface area contributed by atoms with Crippen molar-refractivity contribution in [3.05, 3.63) is 24.0 Å². The van der Waals surface area contributed by atoms with Crippen LogP contribution in [0.5, 0.6) is 5.75 Å². The third kappa shape index (κ3) is 2.82. The molecule has 1 fully saturated rings. The van der Waals surface area contributed by atoms with Crippen molar-refractivity contribution >= 4 is 5.95 Å². The number of hydrogen-bond donors (Lipinski definition) is 3. The van der Waals surface area contributed by atoms with Gasteiger partial charge >= 0.3 is 0 Å². The van der Waals surface area contributed by atoms with Gasteiger partial charge in [-0.2, -0.15) is 4.98 Å². The van der Waals surface area contributed by atoms with Crippen LogP contribution in [0.1, 0.15) is 12.8 Å². The fourth-order valence-electron chi connectivity index (χ4n) is 2.58. The Labute approximate surface area is 122 Å². The number of anilines is 1. The lowest BCUT2D eigenvalue weighted by Gasteiger charge is -2.30. The summed E-state index contributed by atoms with van der Waals surface area (Å²) in [4.78, 5) is 6.45. The molecule has 1 aromatic heterocycles. The number of rotatable bonds is 3. The second kappa shape index (κ2) is 5.69. The normalized spacial score (nSPS) is 16.4. The molecule has 3 rings (SSSR count). The molecule has 6 nitrogen and oxygen atoms in total. The second-order valence-corrected chi connectivity index (χ2v) is 5.20. The molecule has 0 spiro atoms. The molecule has 0 bridgehead atoms. The lowest BCUT2D eigenvalue weighted by Crippen LogP contribution is -2.41. The molecular weight excluding hydrogens is 273 g/mol. The zero-order chi connectivity index (χ0) is 14.8. The van der Waals surface area contributed by atoms with Crippen molar-refractivity contribution in [2.45, 2.75) is 18.9 Å². The molecule has 0 unspecified atom stereocenters. The Morgan fingerprint density at radius 1 is 1.38 bits per heavy atom. The number of aromatic hydroxyl groups is 1. The summed E-state index contributed by atoms with van der Waals surface area (Å²) < 4.78 is 13.8. The molecule has 0 amide bonds. The Morgan fingerprint density at radius 3 is 2.81 bits per heavy atom. The van der Waals surface area contributed by atoms with Crippen molar-refractivity contribution in [1.29, 1.82) is 0 Å². The fourth-order valence-corrected chi connectivity index (χ4v) is 2.58. The van der Waals surface area contributed by atoms with E-state index >= 15 is 0 Å². The average molecular weight is 291 g/mol. The zero-order valence-corrected chi connectivity index (χ0v) is 11.8. The number of halogens is 1. The first-order valence-corrected chi connectivity index (χ1v) is 7.01. The highest BCUT2D eigenvalue weighted by Crippen LogP contribution is 2.25. The highest BCUT2D eigenvalue weighted by molar-refractivity contribution is 5.58. The lowest BCUT2D eigenvalue weighted by atomic mass is 10.1. The number of piperidine rings is 1. The van der Waals surface area contributed by atoms with Gasteiger partial charge in [-0.15, -0.1) is 5.10 Å². The number of hydrogen-bond acceptors (Lipinski definition) is 5. The van der Waals surface area contributed by atoms with Crippen LogP contribution in [-0.2, 0) is 0 Å². The van der Waals surface area contributed by atoms with E-state index in [1.54, 1.807) is 0 Å². The number of nitrogens with one attached hydrogen (secondary N) is 2. The smallest absolute Gasteiger partial charge is 0.245 e. The molecule has 112 valence electrons. The van der Waals surface area contributed by atoms with Crippen LogP contribution in [0, 0.1) is 5.82 Å². The molecule has 21 heavy (non-hydrogen) atoms. The summed E-state index contributed by atoms with van der Waals surface area (Å²) in [6.45, 7) is 1.75. The van der Waals surface area contributed by atoms with Gasteiger partial charge in [0.25, 0.3) is 0 Å². The van der Waals surface area contributed by atoms with E-state index < -0.39 is 5.82 Å². The maximum absolute atomic E-state index is 13.8. The number of H-pyrrole nitrogens is 1. The van der Waals surface area contributed by atoms with Crippen molar-refractivity contribution in [3.63, 3.8) is 0 Å². The highest BCUT2D eigenvalue weighted by atomic mass is 19.1. The molecule has 3 N–H and O–H groups in total. The Bertz CT molecular complexity index is 622. The van der Waals surface area contributed by atoms with Crippen molar-refractivity contribution < 1.29 is 9.50 Å². The van der Waals surface area contributed by atoms with Crippen molar-refractivity contribution in [2.75, 3.05) is 25.0 Å². The maximum atomic E-state index is 13.8. The Balaban J connectivity index is 1.77. The molecule has 0 aliphatic carbocycles. The molecule has 7 heteroatoms. The van der Waals surface area contributed by atoms with Gasteiger partial charge in [0.2, 0.25) is 5.95 Å². The second-order valence-electron chi connectivity index (χ2n) is 5.20. The monoisotopic (exact) mass is 291 g/mol. The molecule has 0 radical (unpaired) electrons. The van der Waals surface area contributed by atoms with Crippen LogP contribution in [0.3, 0.4) is 0 Å². The van der Waals surface area contributed by atoms with Gasteiger partial charge in [0, 0.05) is 25.2 Å². The molecule has 2 aromatic rings. The van der Waals surface area contributed by atoms with E-state index in [1.165, 1.54) is 12.1 Å². The van der Waals surface area contributed by atoms with Gasteiger partial charge in [-0.25, -0.2) is 4.39 Å². The van der Waals surface area contributed by atoms with Crippen molar-refractivity contribution in [1.82, 2.24) is 20.5 Å². The van der Waals surface area contributed by atoms with Crippen LogP contribution >= 0.6 is 0 Å². The summed E-state index contributed by atoms with van der Waals surface area (Å²) in [5, 5.41) is 19.4. The van der Waals surface area contributed by atoms with E-state index in [0.29, 0.717) is 23.4 Å². The molecule has 1 saturated heterocycles. The first-order valence-electron chi connectivity index (χ1n) is 7.01. The van der Waals surface area contributed by atoms with Crippen LogP contribution in [0.2, 0.25) is 0 Å². The number of aromatic amines is 1. The van der Waals surface area contributed by atoms with E-state index in [4.69, 9.17) is 0 Å². The van der Waals surface area contributed by atoms with Gasteiger partial charge in [0.1, 0.15) is 11.6 Å². The molecule has 1 aliphatic heterocycles. The Hall–Kier alpha value is -2.15. The number of nitrogens with zero attached hydrogens (tertiary/aromatic N) is 3. The van der Waals surface area contributed by atoms with Crippen LogP contribution < -0.4 is 10.2 Å². The van der Waals surface area contributed by atoms with Gasteiger partial charge < -0.3 is 15.3 Å². The van der Waals surface area contributed by atoms with Crippen molar-refractivity contribution in [2.24, 2.45) is 0 Å². The number of phenolic OH excluding ortho intramolecular Hbond substituents is 1. The number of benzene rings is 1. The predicted octanol–water partition coefficient (Wildman–Crippen LogP) is 1.50. The Kier molecular flexibility index (Phi) is 3.74. The minimum absolute atomic E-state index is 0.106. The zero-order valence-electron chi connectivity index (χ0n) is 11.8. The standard InChI is InChI=1S/C14H18FN5O/c1-16-9-4-6-20(7-5-9)14-17-13(18-19-14)11-3-2-10(21)8-12(11)15/h2-3,8-9,16,21H,4-7H2,1H3,(H,17,18,19). The Morgan fingerprint density at radius 2 is 2.14 bits per heavy atom. The third-order valence-corrected chi connectivity index (χ3v) is 3.87. The summed E-state index contributed by atoms with van der Waals surface area (Å²) in [5.74, 6) is 0.335. The van der Waals surface area contributed by atoms with Gasteiger partial charge in [-0.1, -0.05) is 0 Å². The largest absolute Gasteiger partial charge is 0.508 e. The summed E-state index contributed by atoms with van der Waals surface area (Å²) in [6.07, 6.45) is 2.07. The highest BCUT2D eigenvalue weighted by Gasteiger charge is 2.21. The predicted molar refractivity (Wildman–Crippen MR) is 77.7 cm³/mol. The van der Waals surface area contributed by atoms with Crippen LogP contribution in [0.4, 0.5) is 10.3 Å². The fraction of sp³-hybridized carbons (Fsp3) is 0.429. The van der Waals surface area contributed by atoms with E-state index in [-0.39, 0.29) is 5.75 Å². The van der Waals surface area contributed by atoms with Gasteiger partial charge in [0.15, 0.2) is 5.82 Å². The van der Waals surface area contributed by atoms with Crippen LogP contribution in [-0.4, -0.2) is 46.5 Å². The summed E-state index contributed by atoms with van der Waals surface area (Å²) in [5.41, 5.74) is 0.302. The average Bonchev–Trinajstić information content (AvgIpc) is 2.97. The summed E-state index contributed by atoms with van der Waals surface area (Å²) in [7, 11) is 1.97. The van der Waals surface area contributed by atoms with Gasteiger partial charge in [0.05, 0.1) is 5.56 Å². The van der Waals surface area contributed by atoms with Gasteiger partial charge in [-0.05, 0) is 32.0 Å². The van der Waals surface area contributed by atoms with Crippen LogP contribution in [0.25, 0.3) is 11.4 Å². The first kappa shape index (κ1) is 13.8. The van der Waals surface area contributed by atoms with E-state index in [0.717, 1.165) is 32.0 Å². The number of phenols is 1. The SMILES string of the molecule is CNC1CCN(c2n[nH]c(-c3ccc(O)cc3F)n2)CC1. The minimum atomic E-state index is -0.522. The van der Waals surface area contributed by atoms with Gasteiger partial charge in [-0.3, -0.25) is 5.10 Å². The molecule has 0 saturated carbocycles. The quantitative estimate of drug-likeness (QED) is 0.799. The topological polar surface area (TPSA) is 77.1 Å². The lowest BCUT2D eigenvalue weighted by molar-refractivity contribution is 0.439. The van der Waals surface area contributed by atoms with Crippen LogP contribution in [0.15, 0.2) is 18.2 Å². The minimum Gasteiger partial charge on any atom is -0.508 e. The maximum Gasteiger partial charge on any atom is 0.245 e. The molecule has 1 aliphatic rings. The first-order chi connectivity index (χ1) is 10.2. The van der Waals surface area contributed by atoms with E-state index in [1.807, 2.05) is 7.05 Å². The molecule has 2 heterocycles.